The predicted octanol–water partition coefficient (Wildman–Crippen LogP) is 3.79. The van der Waals surface area contributed by atoms with Crippen molar-refractivity contribution in [2.75, 3.05) is 20.2 Å². The highest BCUT2D eigenvalue weighted by atomic mass is 19.1. The van der Waals surface area contributed by atoms with E-state index < -0.39 is 0 Å². The van der Waals surface area contributed by atoms with Gasteiger partial charge in [0, 0.05) is 0 Å². The van der Waals surface area contributed by atoms with E-state index >= 15 is 0 Å². The van der Waals surface area contributed by atoms with Gasteiger partial charge in [-0.2, -0.15) is 0 Å². The van der Waals surface area contributed by atoms with Gasteiger partial charge in [0.15, 0.2) is 11.6 Å². The Hall–Kier alpha value is -1.09. The Bertz CT molecular complexity index is 368. The molecule has 0 saturated carbocycles. The molecule has 1 N–H and O–H groups in total. The number of benzene rings is 1. The van der Waals surface area contributed by atoms with Crippen molar-refractivity contribution in [2.45, 2.75) is 39.5 Å². The third kappa shape index (κ3) is 5.19. The largest absolute Gasteiger partial charge is 0.494 e. The normalized spacial score (nSPS) is 12.4. The van der Waals surface area contributed by atoms with Crippen LogP contribution in [0.4, 0.5) is 4.39 Å². The van der Waals surface area contributed by atoms with E-state index in [4.69, 9.17) is 4.74 Å². The standard InChI is InChI=1S/C16H26FNO/c1-4-7-13(12-18-10-5-2)11-14-8-6-9-15(19-3)16(14)17/h6,8-9,13,18H,4-5,7,10-12H2,1-3H3. The fourth-order valence-electron chi connectivity index (χ4n) is 2.35. The van der Waals surface area contributed by atoms with Crippen LogP contribution in [0.25, 0.3) is 0 Å². The minimum Gasteiger partial charge on any atom is -0.494 e. The number of hydrogen-bond donors (Lipinski definition) is 1. The van der Waals surface area contributed by atoms with Crippen LogP contribution in [-0.2, 0) is 6.42 Å². The van der Waals surface area contributed by atoms with Gasteiger partial charge in [-0.1, -0.05) is 32.4 Å². The number of nitrogens with one attached hydrogen (secondary N) is 1. The van der Waals surface area contributed by atoms with Gasteiger partial charge in [0.25, 0.3) is 0 Å². The second-order valence-electron chi connectivity index (χ2n) is 5.00. The number of hydrogen-bond acceptors (Lipinski definition) is 2. The molecule has 0 aromatic heterocycles. The summed E-state index contributed by atoms with van der Waals surface area (Å²) in [7, 11) is 1.51. The number of ether oxygens (including phenoxy) is 1. The minimum absolute atomic E-state index is 0.207. The Labute approximate surface area is 116 Å². The Balaban J connectivity index is 2.67. The van der Waals surface area contributed by atoms with Gasteiger partial charge in [0.05, 0.1) is 7.11 Å². The van der Waals surface area contributed by atoms with Gasteiger partial charge >= 0.3 is 0 Å². The van der Waals surface area contributed by atoms with Gasteiger partial charge in [0.1, 0.15) is 0 Å². The summed E-state index contributed by atoms with van der Waals surface area (Å²) in [4.78, 5) is 0. The molecule has 0 fully saturated rings. The summed E-state index contributed by atoms with van der Waals surface area (Å²) in [6.45, 7) is 6.32. The molecule has 1 aromatic carbocycles. The molecule has 1 unspecified atom stereocenters. The van der Waals surface area contributed by atoms with Crippen LogP contribution in [0.2, 0.25) is 0 Å². The van der Waals surface area contributed by atoms with Crippen LogP contribution in [-0.4, -0.2) is 20.2 Å². The zero-order valence-corrected chi connectivity index (χ0v) is 12.3. The maximum absolute atomic E-state index is 14.1. The molecule has 0 heterocycles. The van der Waals surface area contributed by atoms with E-state index in [1.807, 2.05) is 12.1 Å². The first-order valence-electron chi connectivity index (χ1n) is 7.24. The zero-order valence-electron chi connectivity index (χ0n) is 12.3. The number of rotatable bonds is 9. The van der Waals surface area contributed by atoms with Gasteiger partial charge in [0.2, 0.25) is 0 Å². The summed E-state index contributed by atoms with van der Waals surface area (Å²) >= 11 is 0. The van der Waals surface area contributed by atoms with Gasteiger partial charge in [-0.3, -0.25) is 0 Å². The molecule has 0 amide bonds. The summed E-state index contributed by atoms with van der Waals surface area (Å²) in [6.07, 6.45) is 4.15. The Kier molecular flexibility index (Phi) is 7.49. The smallest absolute Gasteiger partial charge is 0.168 e. The van der Waals surface area contributed by atoms with Crippen LogP contribution in [0, 0.1) is 11.7 Å². The van der Waals surface area contributed by atoms with Crippen molar-refractivity contribution in [3.63, 3.8) is 0 Å². The van der Waals surface area contributed by atoms with Crippen molar-refractivity contribution in [1.82, 2.24) is 5.32 Å². The number of methoxy groups -OCH3 is 1. The highest BCUT2D eigenvalue weighted by Crippen LogP contribution is 2.23. The summed E-state index contributed by atoms with van der Waals surface area (Å²) in [6, 6.07) is 5.39. The lowest BCUT2D eigenvalue weighted by Crippen LogP contribution is -2.25. The molecule has 19 heavy (non-hydrogen) atoms. The number of halogens is 1. The lowest BCUT2D eigenvalue weighted by atomic mass is 9.94. The van der Waals surface area contributed by atoms with Crippen molar-refractivity contribution in [2.24, 2.45) is 5.92 Å². The third-order valence-electron chi connectivity index (χ3n) is 3.33. The highest BCUT2D eigenvalue weighted by molar-refractivity contribution is 5.31. The van der Waals surface area contributed by atoms with Crippen LogP contribution in [0.1, 0.15) is 38.7 Å². The van der Waals surface area contributed by atoms with E-state index in [0.717, 1.165) is 44.3 Å². The first-order chi connectivity index (χ1) is 9.22. The minimum atomic E-state index is -0.207. The highest BCUT2D eigenvalue weighted by Gasteiger charge is 2.14. The zero-order chi connectivity index (χ0) is 14.1. The van der Waals surface area contributed by atoms with E-state index in [1.165, 1.54) is 7.11 Å². The van der Waals surface area contributed by atoms with Gasteiger partial charge in [-0.25, -0.2) is 4.39 Å². The molecule has 0 saturated heterocycles. The summed E-state index contributed by atoms with van der Waals surface area (Å²) < 4.78 is 19.2. The molecule has 0 spiro atoms. The lowest BCUT2D eigenvalue weighted by molar-refractivity contribution is 0.378. The lowest BCUT2D eigenvalue weighted by Gasteiger charge is -2.18. The van der Waals surface area contributed by atoms with Gasteiger partial charge < -0.3 is 10.1 Å². The molecule has 0 aliphatic carbocycles. The third-order valence-corrected chi connectivity index (χ3v) is 3.33. The van der Waals surface area contributed by atoms with Crippen LogP contribution >= 0.6 is 0 Å². The molecule has 1 atom stereocenters. The average Bonchev–Trinajstić information content (AvgIpc) is 2.41. The van der Waals surface area contributed by atoms with Crippen molar-refractivity contribution in [1.29, 1.82) is 0 Å². The Morgan fingerprint density at radius 1 is 1.26 bits per heavy atom. The van der Waals surface area contributed by atoms with Gasteiger partial charge in [-0.15, -0.1) is 0 Å². The second kappa shape index (κ2) is 8.92. The monoisotopic (exact) mass is 267 g/mol. The Morgan fingerprint density at radius 2 is 2.05 bits per heavy atom. The van der Waals surface area contributed by atoms with Crippen LogP contribution in [0.3, 0.4) is 0 Å². The predicted molar refractivity (Wildman–Crippen MR) is 78.2 cm³/mol. The van der Waals surface area contributed by atoms with Crippen molar-refractivity contribution in [3.05, 3.63) is 29.6 Å². The van der Waals surface area contributed by atoms with Crippen molar-refractivity contribution >= 4 is 0 Å². The molecule has 0 aliphatic heterocycles. The molecule has 2 nitrogen and oxygen atoms in total. The molecular formula is C16H26FNO. The van der Waals surface area contributed by atoms with Gasteiger partial charge in [-0.05, 0) is 49.9 Å². The summed E-state index contributed by atoms with van der Waals surface area (Å²) in [5, 5.41) is 3.43. The van der Waals surface area contributed by atoms with E-state index in [1.54, 1.807) is 6.07 Å². The quantitative estimate of drug-likeness (QED) is 0.687. The maximum Gasteiger partial charge on any atom is 0.168 e. The molecule has 1 aromatic rings. The fraction of sp³-hybridized carbons (Fsp3) is 0.625. The maximum atomic E-state index is 14.1. The average molecular weight is 267 g/mol. The molecule has 0 radical (unpaired) electrons. The van der Waals surface area contributed by atoms with E-state index in [9.17, 15) is 4.39 Å². The van der Waals surface area contributed by atoms with Crippen molar-refractivity contribution in [3.8, 4) is 5.75 Å². The molecule has 0 aliphatic rings. The van der Waals surface area contributed by atoms with E-state index in [2.05, 4.69) is 19.2 Å². The topological polar surface area (TPSA) is 21.3 Å². The van der Waals surface area contributed by atoms with Crippen LogP contribution in [0.15, 0.2) is 18.2 Å². The molecule has 1 rings (SSSR count). The molecule has 0 bridgehead atoms. The Morgan fingerprint density at radius 3 is 2.68 bits per heavy atom. The van der Waals surface area contributed by atoms with E-state index in [0.29, 0.717) is 11.7 Å². The molecule has 3 heteroatoms. The first kappa shape index (κ1) is 16.0. The summed E-state index contributed by atoms with van der Waals surface area (Å²) in [5.41, 5.74) is 0.760. The fourth-order valence-corrected chi connectivity index (χ4v) is 2.35. The first-order valence-corrected chi connectivity index (χ1v) is 7.24. The summed E-state index contributed by atoms with van der Waals surface area (Å²) in [5.74, 6) is 0.619. The SMILES string of the molecule is CCCNCC(CCC)Cc1cccc(OC)c1F. The second-order valence-corrected chi connectivity index (χ2v) is 5.00. The molecule has 108 valence electrons. The van der Waals surface area contributed by atoms with Crippen LogP contribution < -0.4 is 10.1 Å². The van der Waals surface area contributed by atoms with Crippen LogP contribution in [0.5, 0.6) is 5.75 Å². The van der Waals surface area contributed by atoms with E-state index in [-0.39, 0.29) is 5.82 Å². The van der Waals surface area contributed by atoms with Crippen molar-refractivity contribution < 1.29 is 9.13 Å². The molecular weight excluding hydrogens is 241 g/mol.